The molecule has 0 saturated carbocycles. The van der Waals surface area contributed by atoms with Gasteiger partial charge in [0.15, 0.2) is 11.6 Å². The van der Waals surface area contributed by atoms with Gasteiger partial charge in [-0.15, -0.1) is 0 Å². The van der Waals surface area contributed by atoms with Crippen LogP contribution in [0.3, 0.4) is 0 Å². The van der Waals surface area contributed by atoms with Crippen LogP contribution in [0.5, 0.6) is 0 Å². The van der Waals surface area contributed by atoms with E-state index in [4.69, 9.17) is 9.47 Å². The molecule has 0 spiro atoms. The van der Waals surface area contributed by atoms with Gasteiger partial charge in [0.05, 0.1) is 11.8 Å². The molecule has 0 bridgehead atoms. The van der Waals surface area contributed by atoms with Gasteiger partial charge in [-0.2, -0.15) is 0 Å². The highest BCUT2D eigenvalue weighted by atomic mass is 16.5. The lowest BCUT2D eigenvalue weighted by Crippen LogP contribution is -2.48. The molecular formula is C20H30O4. The summed E-state index contributed by atoms with van der Waals surface area (Å²) in [5, 5.41) is 0. The zero-order valence-corrected chi connectivity index (χ0v) is 15.9. The Morgan fingerprint density at radius 1 is 0.833 bits per heavy atom. The van der Waals surface area contributed by atoms with Crippen LogP contribution in [0.4, 0.5) is 0 Å². The largest absolute Gasteiger partial charge is 0.493 e. The van der Waals surface area contributed by atoms with Crippen LogP contribution in [0.25, 0.3) is 0 Å². The van der Waals surface area contributed by atoms with Crippen molar-refractivity contribution in [1.29, 1.82) is 0 Å². The van der Waals surface area contributed by atoms with Crippen molar-refractivity contribution in [1.82, 2.24) is 0 Å². The van der Waals surface area contributed by atoms with Gasteiger partial charge in [0.25, 0.3) is 0 Å². The number of hydrogen-bond donors (Lipinski definition) is 0. The van der Waals surface area contributed by atoms with Crippen LogP contribution >= 0.6 is 0 Å². The maximum atomic E-state index is 12.6. The Hall–Kier alpha value is -1.58. The highest BCUT2D eigenvalue weighted by Gasteiger charge is 2.45. The van der Waals surface area contributed by atoms with Crippen molar-refractivity contribution in [3.8, 4) is 0 Å². The van der Waals surface area contributed by atoms with Crippen molar-refractivity contribution < 1.29 is 19.1 Å². The fourth-order valence-corrected chi connectivity index (χ4v) is 3.97. The molecule has 0 aliphatic carbocycles. The highest BCUT2D eigenvalue weighted by Crippen LogP contribution is 2.38. The lowest BCUT2D eigenvalue weighted by molar-refractivity contribution is -0.137. The maximum Gasteiger partial charge on any atom is 0.168 e. The van der Waals surface area contributed by atoms with Gasteiger partial charge in [-0.25, -0.2) is 0 Å². The average molecular weight is 334 g/mol. The molecule has 2 aliphatic heterocycles. The normalized spacial score (nSPS) is 32.6. The minimum absolute atomic E-state index is 0.0489. The molecule has 4 nitrogen and oxygen atoms in total. The third kappa shape index (κ3) is 3.03. The van der Waals surface area contributed by atoms with E-state index < -0.39 is 0 Å². The fourth-order valence-electron chi connectivity index (χ4n) is 3.97. The van der Waals surface area contributed by atoms with Crippen LogP contribution in [0.1, 0.15) is 61.3 Å². The quantitative estimate of drug-likeness (QED) is 0.773. The summed E-state index contributed by atoms with van der Waals surface area (Å²) in [5.74, 6) is 1.34. The Balaban J connectivity index is 2.30. The first kappa shape index (κ1) is 18.8. The molecule has 0 aromatic heterocycles. The summed E-state index contributed by atoms with van der Waals surface area (Å²) in [4.78, 5) is 25.1. The molecule has 0 N–H and O–H groups in total. The zero-order chi connectivity index (χ0) is 18.2. The first-order valence-electron chi connectivity index (χ1n) is 9.05. The predicted octanol–water partition coefficient (Wildman–Crippen LogP) is 4.20. The van der Waals surface area contributed by atoms with Crippen LogP contribution in [0.15, 0.2) is 22.7 Å². The van der Waals surface area contributed by atoms with Crippen molar-refractivity contribution in [2.45, 2.75) is 73.5 Å². The summed E-state index contributed by atoms with van der Waals surface area (Å²) in [7, 11) is 0. The monoisotopic (exact) mass is 334 g/mol. The molecular weight excluding hydrogens is 304 g/mol. The maximum absolute atomic E-state index is 12.6. The molecule has 0 saturated heterocycles. The molecule has 5 atom stereocenters. The molecule has 2 heterocycles. The molecule has 4 heteroatoms. The van der Waals surface area contributed by atoms with Gasteiger partial charge >= 0.3 is 0 Å². The highest BCUT2D eigenvalue weighted by molar-refractivity contribution is 5.98. The summed E-state index contributed by atoms with van der Waals surface area (Å²) >= 11 is 0. The van der Waals surface area contributed by atoms with Crippen molar-refractivity contribution in [3.05, 3.63) is 22.7 Å². The SMILES string of the molecule is CCC1=C(C)C(=O)C(C)C(C(C)C2OC(CC)=C(C)C(=O)[C@@H]2C)O1. The van der Waals surface area contributed by atoms with E-state index in [1.807, 2.05) is 48.5 Å². The second kappa shape index (κ2) is 7.12. The topological polar surface area (TPSA) is 52.6 Å². The fraction of sp³-hybridized carbons (Fsp3) is 0.700. The van der Waals surface area contributed by atoms with Crippen LogP contribution in [0.2, 0.25) is 0 Å². The van der Waals surface area contributed by atoms with Crippen molar-refractivity contribution in [3.63, 3.8) is 0 Å². The van der Waals surface area contributed by atoms with Gasteiger partial charge in [0, 0.05) is 29.9 Å². The van der Waals surface area contributed by atoms with E-state index in [0.717, 1.165) is 22.7 Å². The lowest BCUT2D eigenvalue weighted by Gasteiger charge is -2.41. The Morgan fingerprint density at radius 2 is 1.17 bits per heavy atom. The number of carbonyl (C=O) groups is 2. The Kier molecular flexibility index (Phi) is 5.56. The minimum atomic E-state index is -0.257. The number of rotatable bonds is 4. The van der Waals surface area contributed by atoms with Crippen LogP contribution in [0, 0.1) is 17.8 Å². The van der Waals surface area contributed by atoms with E-state index in [0.29, 0.717) is 12.8 Å². The summed E-state index contributed by atoms with van der Waals surface area (Å²) in [5.41, 5.74) is 1.46. The van der Waals surface area contributed by atoms with Crippen molar-refractivity contribution in [2.75, 3.05) is 0 Å². The van der Waals surface area contributed by atoms with E-state index in [-0.39, 0.29) is 41.5 Å². The number of ketones is 2. The molecule has 0 aromatic carbocycles. The average Bonchev–Trinajstić information content (AvgIpc) is 2.58. The minimum Gasteiger partial charge on any atom is -0.493 e. The molecule has 134 valence electrons. The number of hydrogen-bond acceptors (Lipinski definition) is 4. The summed E-state index contributed by atoms with van der Waals surface area (Å²) in [6.45, 7) is 13.5. The number of Topliss-reactive ketones (excluding diaryl/α,β-unsaturated/α-hetero) is 2. The van der Waals surface area contributed by atoms with Gasteiger partial charge in [-0.1, -0.05) is 34.6 Å². The zero-order valence-electron chi connectivity index (χ0n) is 15.9. The third-order valence-corrected chi connectivity index (χ3v) is 5.62. The van der Waals surface area contributed by atoms with Crippen LogP contribution in [-0.2, 0) is 19.1 Å². The van der Waals surface area contributed by atoms with Crippen LogP contribution in [-0.4, -0.2) is 23.8 Å². The summed E-state index contributed by atoms with van der Waals surface area (Å²) in [6.07, 6.45) is 0.889. The second-order valence-electron chi connectivity index (χ2n) is 7.13. The van der Waals surface area contributed by atoms with Crippen molar-refractivity contribution >= 4 is 11.6 Å². The van der Waals surface area contributed by atoms with E-state index in [1.54, 1.807) is 0 Å². The third-order valence-electron chi connectivity index (χ3n) is 5.62. The summed E-state index contributed by atoms with van der Waals surface area (Å²) < 4.78 is 12.4. The van der Waals surface area contributed by atoms with E-state index in [9.17, 15) is 9.59 Å². The number of ether oxygens (including phenoxy) is 2. The van der Waals surface area contributed by atoms with E-state index >= 15 is 0 Å². The Bertz CT molecular complexity index is 547. The van der Waals surface area contributed by atoms with E-state index in [2.05, 4.69) is 0 Å². The van der Waals surface area contributed by atoms with Gasteiger partial charge in [0.2, 0.25) is 0 Å². The molecule has 4 unspecified atom stereocenters. The predicted molar refractivity (Wildman–Crippen MR) is 93.2 cm³/mol. The molecule has 2 rings (SSSR count). The van der Waals surface area contributed by atoms with Crippen molar-refractivity contribution in [2.24, 2.45) is 17.8 Å². The van der Waals surface area contributed by atoms with E-state index in [1.165, 1.54) is 0 Å². The Morgan fingerprint density at radius 3 is 1.46 bits per heavy atom. The number of carbonyl (C=O) groups excluding carboxylic acids is 2. The molecule has 0 aromatic rings. The van der Waals surface area contributed by atoms with Gasteiger partial charge < -0.3 is 9.47 Å². The second-order valence-corrected chi connectivity index (χ2v) is 7.13. The summed E-state index contributed by atoms with van der Waals surface area (Å²) in [6, 6.07) is 0. The molecule has 2 aliphatic rings. The Labute approximate surface area is 145 Å². The standard InChI is InChI=1S/C20H30O4/c1-8-15-10(3)17(21)12(5)19(23-15)14(7)20-13(6)18(22)11(4)16(9-2)24-20/h12-14,19-20H,8-9H2,1-7H3/t12-,13?,14?,19?,20?/m0/s1. The smallest absolute Gasteiger partial charge is 0.168 e. The number of allylic oxidation sites excluding steroid dienone is 4. The molecule has 0 amide bonds. The molecule has 0 radical (unpaired) electrons. The molecule has 24 heavy (non-hydrogen) atoms. The first-order valence-corrected chi connectivity index (χ1v) is 9.05. The lowest BCUT2D eigenvalue weighted by atomic mass is 9.77. The van der Waals surface area contributed by atoms with Gasteiger partial charge in [0.1, 0.15) is 23.7 Å². The first-order chi connectivity index (χ1) is 11.2. The van der Waals surface area contributed by atoms with Gasteiger partial charge in [-0.3, -0.25) is 9.59 Å². The molecule has 0 fully saturated rings. The van der Waals surface area contributed by atoms with Crippen LogP contribution < -0.4 is 0 Å². The van der Waals surface area contributed by atoms with Gasteiger partial charge in [-0.05, 0) is 13.8 Å².